The van der Waals surface area contributed by atoms with Gasteiger partial charge in [0.2, 0.25) is 5.91 Å². The molecule has 0 aliphatic heterocycles. The lowest BCUT2D eigenvalue weighted by molar-refractivity contribution is -0.116. The lowest BCUT2D eigenvalue weighted by Gasteiger charge is -2.14. The Kier molecular flexibility index (Phi) is 6.10. The number of methoxy groups -OCH3 is 1. The molecule has 0 aliphatic carbocycles. The van der Waals surface area contributed by atoms with E-state index in [0.717, 1.165) is 9.44 Å². The fourth-order valence-electron chi connectivity index (χ4n) is 3.36. The van der Waals surface area contributed by atoms with E-state index in [4.69, 9.17) is 27.9 Å². The van der Waals surface area contributed by atoms with E-state index >= 15 is 0 Å². The van der Waals surface area contributed by atoms with Crippen molar-refractivity contribution in [1.82, 2.24) is 9.13 Å². The van der Waals surface area contributed by atoms with Crippen molar-refractivity contribution < 1.29 is 9.53 Å². The first kappa shape index (κ1) is 22.1. The van der Waals surface area contributed by atoms with Crippen molar-refractivity contribution in [2.24, 2.45) is 0 Å². The molecule has 0 unspecified atom stereocenters. The van der Waals surface area contributed by atoms with Crippen molar-refractivity contribution in [3.05, 3.63) is 84.3 Å². The minimum Gasteiger partial charge on any atom is -0.495 e. The predicted octanol–water partition coefficient (Wildman–Crippen LogP) is 4.48. The molecule has 32 heavy (non-hydrogen) atoms. The first-order valence-electron chi connectivity index (χ1n) is 9.44. The second kappa shape index (κ2) is 8.82. The minimum atomic E-state index is -0.639. The number of fused-ring (bicyclic) bond motifs is 1. The predicted molar refractivity (Wildman–Crippen MR) is 128 cm³/mol. The van der Waals surface area contributed by atoms with Gasteiger partial charge in [0, 0.05) is 14.9 Å². The zero-order chi connectivity index (χ0) is 23.0. The lowest BCUT2D eigenvalue weighted by Crippen LogP contribution is -2.40. The molecule has 0 atom stereocenters. The Balaban J connectivity index is 1.82. The maximum absolute atomic E-state index is 13.4. The van der Waals surface area contributed by atoms with Crippen LogP contribution in [0.5, 0.6) is 5.75 Å². The summed E-state index contributed by atoms with van der Waals surface area (Å²) in [6.07, 6.45) is 0. The second-order valence-electron chi connectivity index (χ2n) is 6.96. The van der Waals surface area contributed by atoms with E-state index in [9.17, 15) is 14.4 Å². The molecule has 10 heteroatoms. The van der Waals surface area contributed by atoms with Gasteiger partial charge in [-0.05, 0) is 49.4 Å². The van der Waals surface area contributed by atoms with E-state index in [1.165, 1.54) is 29.1 Å². The smallest absolute Gasteiger partial charge is 0.337 e. The molecule has 2 heterocycles. The number of nitrogens with zero attached hydrogens (tertiary/aromatic N) is 2. The molecule has 0 bridgehead atoms. The molecule has 0 fully saturated rings. The van der Waals surface area contributed by atoms with Gasteiger partial charge in [-0.1, -0.05) is 29.3 Å². The van der Waals surface area contributed by atoms with Crippen LogP contribution in [0.1, 0.15) is 4.88 Å². The van der Waals surface area contributed by atoms with Crippen LogP contribution < -0.4 is 21.3 Å². The number of hydrogen-bond acceptors (Lipinski definition) is 5. The van der Waals surface area contributed by atoms with Crippen LogP contribution in [0.3, 0.4) is 0 Å². The van der Waals surface area contributed by atoms with Crippen LogP contribution in [-0.4, -0.2) is 22.2 Å². The number of aromatic nitrogens is 2. The van der Waals surface area contributed by atoms with Crippen LogP contribution in [-0.2, 0) is 11.3 Å². The van der Waals surface area contributed by atoms with E-state index < -0.39 is 17.2 Å². The van der Waals surface area contributed by atoms with E-state index in [1.807, 2.05) is 6.92 Å². The molecule has 0 aliphatic rings. The average Bonchev–Trinajstić information content (AvgIpc) is 3.13. The Morgan fingerprint density at radius 3 is 2.56 bits per heavy atom. The SMILES string of the molecule is COc1ccc(Cl)cc1NC(=O)Cn1c(=O)n(-c2cccc(Cl)c2)c(=O)c2cc(C)sc21. The van der Waals surface area contributed by atoms with Crippen LogP contribution in [0.2, 0.25) is 10.0 Å². The van der Waals surface area contributed by atoms with Gasteiger partial charge >= 0.3 is 5.69 Å². The number of hydrogen-bond donors (Lipinski definition) is 1. The number of nitrogens with one attached hydrogen (secondary N) is 1. The number of amides is 1. The van der Waals surface area contributed by atoms with Crippen LogP contribution in [0.4, 0.5) is 5.69 Å². The molecular weight excluding hydrogens is 473 g/mol. The fourth-order valence-corrected chi connectivity index (χ4v) is 4.71. The van der Waals surface area contributed by atoms with Crippen LogP contribution in [0, 0.1) is 6.92 Å². The van der Waals surface area contributed by atoms with Crippen molar-refractivity contribution in [2.75, 3.05) is 12.4 Å². The molecule has 4 aromatic rings. The first-order chi connectivity index (χ1) is 15.3. The van der Waals surface area contributed by atoms with Crippen molar-refractivity contribution in [3.8, 4) is 11.4 Å². The summed E-state index contributed by atoms with van der Waals surface area (Å²) in [4.78, 5) is 40.6. The molecule has 7 nitrogen and oxygen atoms in total. The van der Waals surface area contributed by atoms with Crippen molar-refractivity contribution >= 4 is 56.3 Å². The van der Waals surface area contributed by atoms with Gasteiger partial charge in [0.1, 0.15) is 17.1 Å². The van der Waals surface area contributed by atoms with Crippen molar-refractivity contribution in [3.63, 3.8) is 0 Å². The van der Waals surface area contributed by atoms with Gasteiger partial charge < -0.3 is 10.1 Å². The Bertz CT molecular complexity index is 1470. The fraction of sp³-hybridized carbons (Fsp3) is 0.136. The van der Waals surface area contributed by atoms with Crippen molar-refractivity contribution in [2.45, 2.75) is 13.5 Å². The van der Waals surface area contributed by atoms with Gasteiger partial charge in [0.15, 0.2) is 0 Å². The summed E-state index contributed by atoms with van der Waals surface area (Å²) >= 11 is 13.4. The Morgan fingerprint density at radius 1 is 1.09 bits per heavy atom. The molecule has 164 valence electrons. The zero-order valence-electron chi connectivity index (χ0n) is 17.0. The third-order valence-electron chi connectivity index (χ3n) is 4.74. The molecule has 1 N–H and O–H groups in total. The summed E-state index contributed by atoms with van der Waals surface area (Å²) < 4.78 is 7.56. The maximum atomic E-state index is 13.4. The first-order valence-corrected chi connectivity index (χ1v) is 11.0. The highest BCUT2D eigenvalue weighted by molar-refractivity contribution is 7.18. The zero-order valence-corrected chi connectivity index (χ0v) is 19.3. The highest BCUT2D eigenvalue weighted by Gasteiger charge is 2.19. The van der Waals surface area contributed by atoms with Gasteiger partial charge in [-0.3, -0.25) is 14.2 Å². The van der Waals surface area contributed by atoms with Crippen LogP contribution >= 0.6 is 34.5 Å². The van der Waals surface area contributed by atoms with Crippen molar-refractivity contribution in [1.29, 1.82) is 0 Å². The number of carbonyl (C=O) groups is 1. The second-order valence-corrected chi connectivity index (χ2v) is 9.07. The lowest BCUT2D eigenvalue weighted by atomic mass is 10.3. The topological polar surface area (TPSA) is 82.3 Å². The molecular formula is C22H17Cl2N3O4S. The number of carbonyl (C=O) groups excluding carboxylic acids is 1. The summed E-state index contributed by atoms with van der Waals surface area (Å²) in [5, 5.41) is 3.87. The molecule has 1 amide bonds. The van der Waals surface area contributed by atoms with Crippen LogP contribution in [0.15, 0.2) is 58.1 Å². The largest absolute Gasteiger partial charge is 0.495 e. The molecule has 0 spiro atoms. The summed E-state index contributed by atoms with van der Waals surface area (Å²) in [5.74, 6) is -0.0487. The van der Waals surface area contributed by atoms with Gasteiger partial charge in [0.25, 0.3) is 5.56 Å². The monoisotopic (exact) mass is 489 g/mol. The van der Waals surface area contributed by atoms with Gasteiger partial charge in [-0.25, -0.2) is 9.36 Å². The van der Waals surface area contributed by atoms with E-state index in [1.54, 1.807) is 42.5 Å². The Hall–Kier alpha value is -3.07. The number of anilines is 1. The van der Waals surface area contributed by atoms with Crippen LogP contribution in [0.25, 0.3) is 15.9 Å². The Labute approximate surface area is 196 Å². The number of thiophene rings is 1. The summed E-state index contributed by atoms with van der Waals surface area (Å²) in [7, 11) is 1.47. The minimum absolute atomic E-state index is 0.314. The number of ether oxygens (including phenoxy) is 1. The van der Waals surface area contributed by atoms with Gasteiger partial charge in [-0.15, -0.1) is 11.3 Å². The summed E-state index contributed by atoms with van der Waals surface area (Å²) in [6, 6.07) is 13.0. The third kappa shape index (κ3) is 4.17. The van der Waals surface area contributed by atoms with E-state index in [2.05, 4.69) is 5.32 Å². The summed E-state index contributed by atoms with van der Waals surface area (Å²) in [5.41, 5.74) is -0.409. The van der Waals surface area contributed by atoms with E-state index in [-0.39, 0.29) is 6.54 Å². The highest BCUT2D eigenvalue weighted by atomic mass is 35.5. The number of aryl methyl sites for hydroxylation is 1. The molecule has 2 aromatic carbocycles. The number of benzene rings is 2. The molecule has 2 aromatic heterocycles. The maximum Gasteiger partial charge on any atom is 0.337 e. The molecule has 0 saturated carbocycles. The van der Waals surface area contributed by atoms with Gasteiger partial charge in [0.05, 0.1) is 23.9 Å². The molecule has 4 rings (SSSR count). The number of rotatable bonds is 5. The number of halogens is 2. The average molecular weight is 490 g/mol. The van der Waals surface area contributed by atoms with E-state index in [0.29, 0.717) is 37.4 Å². The highest BCUT2D eigenvalue weighted by Crippen LogP contribution is 2.28. The standard InChI is InChI=1S/C22H17Cl2N3O4S/c1-12-8-16-20(29)27(15-5-3-4-13(23)9-15)22(30)26(21(16)32-12)11-19(28)25-17-10-14(24)6-7-18(17)31-2/h3-10H,11H2,1-2H3,(H,25,28). The molecule has 0 saturated heterocycles. The molecule has 0 radical (unpaired) electrons. The Morgan fingerprint density at radius 2 is 1.84 bits per heavy atom. The van der Waals surface area contributed by atoms with Gasteiger partial charge in [-0.2, -0.15) is 0 Å². The summed E-state index contributed by atoms with van der Waals surface area (Å²) in [6.45, 7) is 1.52. The quantitative estimate of drug-likeness (QED) is 0.448. The normalized spacial score (nSPS) is 11.0. The third-order valence-corrected chi connectivity index (χ3v) is 6.28.